The predicted octanol–water partition coefficient (Wildman–Crippen LogP) is 2.95. The van der Waals surface area contributed by atoms with E-state index in [1.54, 1.807) is 0 Å². The summed E-state index contributed by atoms with van der Waals surface area (Å²) < 4.78 is 0. The van der Waals surface area contributed by atoms with Crippen molar-refractivity contribution in [1.29, 1.82) is 0 Å². The van der Waals surface area contributed by atoms with Gasteiger partial charge in [-0.25, -0.2) is 4.98 Å². The monoisotopic (exact) mass is 304 g/mol. The number of rotatable bonds is 3. The molecule has 0 spiro atoms. The van der Waals surface area contributed by atoms with Crippen LogP contribution in [-0.4, -0.2) is 41.0 Å². The van der Waals surface area contributed by atoms with Gasteiger partial charge in [0, 0.05) is 50.5 Å². The number of piperazine rings is 1. The van der Waals surface area contributed by atoms with E-state index in [1.807, 2.05) is 18.5 Å². The molecule has 2 aromatic heterocycles. The SMILES string of the molecule is c1ccc(CN2CCN(c3nccc4ccccc34)CC2)nc1. The Kier molecular flexibility index (Phi) is 3.90. The van der Waals surface area contributed by atoms with Gasteiger partial charge in [-0.1, -0.05) is 30.3 Å². The first kappa shape index (κ1) is 14.2. The van der Waals surface area contributed by atoms with E-state index < -0.39 is 0 Å². The lowest BCUT2D eigenvalue weighted by atomic mass is 10.1. The van der Waals surface area contributed by atoms with E-state index in [1.165, 1.54) is 10.8 Å². The third-order valence-electron chi connectivity index (χ3n) is 4.44. The molecular weight excluding hydrogens is 284 g/mol. The zero-order valence-corrected chi connectivity index (χ0v) is 13.1. The van der Waals surface area contributed by atoms with Gasteiger partial charge in [0.15, 0.2) is 0 Å². The molecule has 0 bridgehead atoms. The largest absolute Gasteiger partial charge is 0.354 e. The van der Waals surface area contributed by atoms with Gasteiger partial charge in [0.1, 0.15) is 5.82 Å². The van der Waals surface area contributed by atoms with Crippen LogP contribution < -0.4 is 4.90 Å². The molecule has 0 unspecified atom stereocenters. The number of fused-ring (bicyclic) bond motifs is 1. The first-order valence-electron chi connectivity index (χ1n) is 8.11. The Hall–Kier alpha value is -2.46. The second-order valence-electron chi connectivity index (χ2n) is 5.94. The van der Waals surface area contributed by atoms with Crippen molar-refractivity contribution in [3.05, 3.63) is 66.6 Å². The van der Waals surface area contributed by atoms with Crippen LogP contribution in [0.5, 0.6) is 0 Å². The molecular formula is C19H20N4. The molecule has 1 saturated heterocycles. The Balaban J connectivity index is 1.47. The molecule has 0 aliphatic carbocycles. The van der Waals surface area contributed by atoms with Crippen LogP contribution in [-0.2, 0) is 6.54 Å². The third kappa shape index (κ3) is 3.03. The summed E-state index contributed by atoms with van der Waals surface area (Å²) in [5, 5.41) is 2.50. The van der Waals surface area contributed by atoms with Crippen molar-refractivity contribution in [1.82, 2.24) is 14.9 Å². The fraction of sp³-hybridized carbons (Fsp3) is 0.263. The van der Waals surface area contributed by atoms with Gasteiger partial charge in [-0.2, -0.15) is 0 Å². The first-order chi connectivity index (χ1) is 11.4. The number of aromatic nitrogens is 2. The van der Waals surface area contributed by atoms with Crippen LogP contribution in [0.3, 0.4) is 0 Å². The topological polar surface area (TPSA) is 32.3 Å². The molecule has 1 aromatic carbocycles. The molecule has 1 aliphatic heterocycles. The Bertz CT molecular complexity index is 774. The maximum atomic E-state index is 4.63. The highest BCUT2D eigenvalue weighted by molar-refractivity contribution is 5.92. The maximum Gasteiger partial charge on any atom is 0.136 e. The Labute approximate surface area is 136 Å². The van der Waals surface area contributed by atoms with Crippen molar-refractivity contribution < 1.29 is 0 Å². The van der Waals surface area contributed by atoms with Crippen LogP contribution in [0.25, 0.3) is 10.8 Å². The van der Waals surface area contributed by atoms with Gasteiger partial charge in [-0.3, -0.25) is 9.88 Å². The number of nitrogens with zero attached hydrogens (tertiary/aromatic N) is 4. The Morgan fingerprint density at radius 3 is 2.43 bits per heavy atom. The third-order valence-corrected chi connectivity index (χ3v) is 4.44. The van der Waals surface area contributed by atoms with Crippen LogP contribution in [0.4, 0.5) is 5.82 Å². The Morgan fingerprint density at radius 1 is 0.783 bits per heavy atom. The lowest BCUT2D eigenvalue weighted by Crippen LogP contribution is -2.46. The molecule has 0 atom stereocenters. The average Bonchev–Trinajstić information content (AvgIpc) is 2.63. The van der Waals surface area contributed by atoms with Gasteiger partial charge < -0.3 is 4.90 Å². The minimum absolute atomic E-state index is 0.928. The quantitative estimate of drug-likeness (QED) is 0.745. The summed E-state index contributed by atoms with van der Waals surface area (Å²) in [5.74, 6) is 1.11. The molecule has 0 amide bonds. The minimum Gasteiger partial charge on any atom is -0.354 e. The summed E-state index contributed by atoms with van der Waals surface area (Å²) in [6.07, 6.45) is 3.78. The van der Waals surface area contributed by atoms with E-state index in [0.717, 1.165) is 44.2 Å². The van der Waals surface area contributed by atoms with Crippen LogP contribution >= 0.6 is 0 Å². The number of pyridine rings is 2. The predicted molar refractivity (Wildman–Crippen MR) is 93.5 cm³/mol. The normalized spacial score (nSPS) is 15.9. The van der Waals surface area contributed by atoms with Crippen LogP contribution in [0.1, 0.15) is 5.69 Å². The van der Waals surface area contributed by atoms with Gasteiger partial charge in [0.25, 0.3) is 0 Å². The van der Waals surface area contributed by atoms with Crippen LogP contribution in [0.15, 0.2) is 60.9 Å². The van der Waals surface area contributed by atoms with Gasteiger partial charge in [0.05, 0.1) is 5.69 Å². The molecule has 3 heterocycles. The standard InChI is InChI=1S/C19H20N4/c1-2-7-18-16(5-1)8-10-21-19(18)23-13-11-22(12-14-23)15-17-6-3-4-9-20-17/h1-10H,11-15H2. The molecule has 0 saturated carbocycles. The van der Waals surface area contributed by atoms with Gasteiger partial charge >= 0.3 is 0 Å². The molecule has 116 valence electrons. The lowest BCUT2D eigenvalue weighted by Gasteiger charge is -2.35. The summed E-state index contributed by atoms with van der Waals surface area (Å²) >= 11 is 0. The zero-order valence-electron chi connectivity index (χ0n) is 13.1. The van der Waals surface area contributed by atoms with E-state index in [4.69, 9.17) is 0 Å². The molecule has 1 aliphatic rings. The smallest absolute Gasteiger partial charge is 0.136 e. The zero-order chi connectivity index (χ0) is 15.5. The van der Waals surface area contributed by atoms with E-state index in [-0.39, 0.29) is 0 Å². The minimum atomic E-state index is 0.928. The molecule has 1 fully saturated rings. The number of hydrogen-bond acceptors (Lipinski definition) is 4. The van der Waals surface area contributed by atoms with E-state index in [0.29, 0.717) is 0 Å². The summed E-state index contributed by atoms with van der Waals surface area (Å²) in [4.78, 5) is 13.9. The lowest BCUT2D eigenvalue weighted by molar-refractivity contribution is 0.247. The van der Waals surface area contributed by atoms with Gasteiger partial charge in [0.2, 0.25) is 0 Å². The highest BCUT2D eigenvalue weighted by atomic mass is 15.3. The van der Waals surface area contributed by atoms with Crippen molar-refractivity contribution in [2.45, 2.75) is 6.54 Å². The van der Waals surface area contributed by atoms with Crippen LogP contribution in [0, 0.1) is 0 Å². The van der Waals surface area contributed by atoms with Crippen molar-refractivity contribution >= 4 is 16.6 Å². The summed E-state index contributed by atoms with van der Waals surface area (Å²) in [6, 6.07) is 16.7. The maximum absolute atomic E-state index is 4.63. The number of benzene rings is 1. The molecule has 4 rings (SSSR count). The van der Waals surface area contributed by atoms with Crippen molar-refractivity contribution in [2.24, 2.45) is 0 Å². The highest BCUT2D eigenvalue weighted by Crippen LogP contribution is 2.25. The molecule has 0 N–H and O–H groups in total. The summed E-state index contributed by atoms with van der Waals surface area (Å²) in [5.41, 5.74) is 1.14. The van der Waals surface area contributed by atoms with E-state index in [9.17, 15) is 0 Å². The average molecular weight is 304 g/mol. The van der Waals surface area contributed by atoms with E-state index in [2.05, 4.69) is 62.2 Å². The number of anilines is 1. The van der Waals surface area contributed by atoms with Crippen LogP contribution in [0.2, 0.25) is 0 Å². The molecule has 0 radical (unpaired) electrons. The molecule has 23 heavy (non-hydrogen) atoms. The molecule has 4 nitrogen and oxygen atoms in total. The number of hydrogen-bond donors (Lipinski definition) is 0. The van der Waals surface area contributed by atoms with Crippen molar-refractivity contribution in [3.63, 3.8) is 0 Å². The first-order valence-corrected chi connectivity index (χ1v) is 8.11. The second kappa shape index (κ2) is 6.34. The molecule has 3 aromatic rings. The van der Waals surface area contributed by atoms with Crippen molar-refractivity contribution in [2.75, 3.05) is 31.1 Å². The van der Waals surface area contributed by atoms with E-state index >= 15 is 0 Å². The highest BCUT2D eigenvalue weighted by Gasteiger charge is 2.19. The molecule has 4 heteroatoms. The van der Waals surface area contributed by atoms with Gasteiger partial charge in [-0.15, -0.1) is 0 Å². The summed E-state index contributed by atoms with van der Waals surface area (Å²) in [6.45, 7) is 5.03. The Morgan fingerprint density at radius 2 is 1.61 bits per heavy atom. The fourth-order valence-corrected chi connectivity index (χ4v) is 3.19. The summed E-state index contributed by atoms with van der Waals surface area (Å²) in [7, 11) is 0. The fourth-order valence-electron chi connectivity index (χ4n) is 3.19. The second-order valence-corrected chi connectivity index (χ2v) is 5.94. The van der Waals surface area contributed by atoms with Crippen molar-refractivity contribution in [3.8, 4) is 0 Å². The van der Waals surface area contributed by atoms with Gasteiger partial charge in [-0.05, 0) is 23.6 Å².